The third-order valence-corrected chi connectivity index (χ3v) is 2.13. The lowest BCUT2D eigenvalue weighted by Gasteiger charge is -2.16. The summed E-state index contributed by atoms with van der Waals surface area (Å²) < 4.78 is 39.7. The fourth-order valence-electron chi connectivity index (χ4n) is 1.38. The summed E-state index contributed by atoms with van der Waals surface area (Å²) in [7, 11) is 0. The Hall–Kier alpha value is -1.47. The predicted molar refractivity (Wildman–Crippen MR) is 55.4 cm³/mol. The first kappa shape index (κ1) is 13.6. The molecule has 5 N–H and O–H groups in total. The van der Waals surface area contributed by atoms with Crippen molar-refractivity contribution >= 4 is 0 Å². The van der Waals surface area contributed by atoms with E-state index in [9.17, 15) is 18.3 Å². The molecule has 0 saturated carbocycles. The zero-order chi connectivity index (χ0) is 13.1. The van der Waals surface area contributed by atoms with Gasteiger partial charge in [-0.2, -0.15) is 0 Å². The molecule has 96 valence electrons. The molecule has 1 rings (SSSR count). The molecule has 0 spiro atoms. The highest BCUT2D eigenvalue weighted by Gasteiger charge is 2.32. The highest BCUT2D eigenvalue weighted by Crippen LogP contribution is 2.36. The number of phenolic OH excluding ortho intramolecular Hbond substituents is 1. The second-order valence-electron chi connectivity index (χ2n) is 3.43. The molecule has 4 nitrogen and oxygen atoms in total. The molecule has 17 heavy (non-hydrogen) atoms. The van der Waals surface area contributed by atoms with E-state index in [0.29, 0.717) is 6.42 Å². The van der Waals surface area contributed by atoms with Gasteiger partial charge in [0.25, 0.3) is 0 Å². The van der Waals surface area contributed by atoms with Gasteiger partial charge in [0.1, 0.15) is 0 Å². The van der Waals surface area contributed by atoms with E-state index in [-0.39, 0.29) is 12.1 Å². The summed E-state index contributed by atoms with van der Waals surface area (Å²) in [5, 5.41) is 9.60. The third kappa shape index (κ3) is 3.79. The Bertz CT molecular complexity index is 382. The second kappa shape index (κ2) is 5.24. The minimum Gasteiger partial charge on any atom is -0.504 e. The maximum Gasteiger partial charge on any atom is 0.573 e. The first-order chi connectivity index (χ1) is 7.85. The summed E-state index contributed by atoms with van der Waals surface area (Å²) in [5.74, 6) is -1.27. The molecule has 7 heteroatoms. The van der Waals surface area contributed by atoms with E-state index >= 15 is 0 Å². The fourth-order valence-corrected chi connectivity index (χ4v) is 1.38. The lowest BCUT2D eigenvalue weighted by atomic mass is 10.0. The van der Waals surface area contributed by atoms with Crippen LogP contribution in [0.15, 0.2) is 18.2 Å². The van der Waals surface area contributed by atoms with Gasteiger partial charge in [0.15, 0.2) is 11.5 Å². The summed E-state index contributed by atoms with van der Waals surface area (Å²) in [5.41, 5.74) is 11.1. The predicted octanol–water partition coefficient (Wildman–Crippen LogP) is 1.64. The lowest BCUT2D eigenvalue weighted by Crippen LogP contribution is -2.19. The van der Waals surface area contributed by atoms with E-state index in [2.05, 4.69) is 4.74 Å². The van der Waals surface area contributed by atoms with E-state index in [1.807, 2.05) is 0 Å². The number of para-hydroxylation sites is 1. The maximum absolute atomic E-state index is 12.0. The highest BCUT2D eigenvalue weighted by molar-refractivity contribution is 5.46. The molecule has 0 unspecified atom stereocenters. The van der Waals surface area contributed by atoms with Gasteiger partial charge in [0.2, 0.25) is 0 Å². The molecule has 0 aliphatic rings. The zero-order valence-electron chi connectivity index (χ0n) is 8.87. The van der Waals surface area contributed by atoms with Crippen LogP contribution < -0.4 is 16.2 Å². The standard InChI is InChI=1S/C10H13F3N2O2/c11-10(12,13)17-8-3-1-2-6(9(8)16)7(15)4-5-14/h1-3,7,16H,4-5,14-15H2/t7-/m1/s1. The van der Waals surface area contributed by atoms with Gasteiger partial charge in [0, 0.05) is 11.6 Å². The number of rotatable bonds is 4. The van der Waals surface area contributed by atoms with Crippen LogP contribution in [0.5, 0.6) is 11.5 Å². The van der Waals surface area contributed by atoms with Crippen LogP contribution in [0.25, 0.3) is 0 Å². The Morgan fingerprint density at radius 3 is 2.53 bits per heavy atom. The molecule has 0 saturated heterocycles. The summed E-state index contributed by atoms with van der Waals surface area (Å²) in [6.45, 7) is 0.269. The fraction of sp³-hybridized carbons (Fsp3) is 0.400. The zero-order valence-corrected chi connectivity index (χ0v) is 8.87. The number of ether oxygens (including phenoxy) is 1. The first-order valence-electron chi connectivity index (χ1n) is 4.88. The van der Waals surface area contributed by atoms with E-state index in [1.165, 1.54) is 12.1 Å². The monoisotopic (exact) mass is 250 g/mol. The van der Waals surface area contributed by atoms with Crippen LogP contribution in [0.2, 0.25) is 0 Å². The number of hydrogen-bond donors (Lipinski definition) is 3. The first-order valence-corrected chi connectivity index (χ1v) is 4.88. The molecule has 0 aromatic heterocycles. The summed E-state index contributed by atoms with van der Waals surface area (Å²) in [6, 6.07) is 3.14. The number of phenols is 1. The van der Waals surface area contributed by atoms with Crippen LogP contribution in [0.1, 0.15) is 18.0 Å². The smallest absolute Gasteiger partial charge is 0.504 e. The summed E-state index contributed by atoms with van der Waals surface area (Å²) in [4.78, 5) is 0. The van der Waals surface area contributed by atoms with Gasteiger partial charge < -0.3 is 21.3 Å². The SMILES string of the molecule is NCC[C@@H](N)c1cccc(OC(F)(F)F)c1O. The van der Waals surface area contributed by atoms with Crippen molar-refractivity contribution in [3.05, 3.63) is 23.8 Å². The number of alkyl halides is 3. The maximum atomic E-state index is 12.0. The lowest BCUT2D eigenvalue weighted by molar-refractivity contribution is -0.275. The minimum atomic E-state index is -4.85. The number of nitrogens with two attached hydrogens (primary N) is 2. The normalized spacial score (nSPS) is 13.5. The average Bonchev–Trinajstić information content (AvgIpc) is 2.19. The van der Waals surface area contributed by atoms with Crippen molar-refractivity contribution < 1.29 is 23.0 Å². The number of benzene rings is 1. The topological polar surface area (TPSA) is 81.5 Å². The Labute approximate surface area is 96.0 Å². The molecule has 1 atom stereocenters. The highest BCUT2D eigenvalue weighted by atomic mass is 19.4. The van der Waals surface area contributed by atoms with Crippen LogP contribution in [0.3, 0.4) is 0 Å². The molecule has 1 aromatic carbocycles. The van der Waals surface area contributed by atoms with Gasteiger partial charge in [-0.1, -0.05) is 12.1 Å². The molecule has 0 fully saturated rings. The van der Waals surface area contributed by atoms with Crippen LogP contribution in [0, 0.1) is 0 Å². The summed E-state index contributed by atoms with van der Waals surface area (Å²) >= 11 is 0. The van der Waals surface area contributed by atoms with Crippen molar-refractivity contribution in [3.8, 4) is 11.5 Å². The van der Waals surface area contributed by atoms with E-state index in [0.717, 1.165) is 6.07 Å². The van der Waals surface area contributed by atoms with Crippen LogP contribution in [0.4, 0.5) is 13.2 Å². The summed E-state index contributed by atoms with van der Waals surface area (Å²) in [6.07, 6.45) is -4.50. The van der Waals surface area contributed by atoms with Gasteiger partial charge in [-0.3, -0.25) is 0 Å². The molecular weight excluding hydrogens is 237 g/mol. The molecule has 0 bridgehead atoms. The largest absolute Gasteiger partial charge is 0.573 e. The number of halogens is 3. The van der Waals surface area contributed by atoms with Crippen molar-refractivity contribution in [3.63, 3.8) is 0 Å². The van der Waals surface area contributed by atoms with E-state index < -0.39 is 23.9 Å². The van der Waals surface area contributed by atoms with Crippen molar-refractivity contribution in [2.45, 2.75) is 18.8 Å². The van der Waals surface area contributed by atoms with Crippen LogP contribution in [-0.4, -0.2) is 18.0 Å². The van der Waals surface area contributed by atoms with Crippen LogP contribution in [-0.2, 0) is 0 Å². The van der Waals surface area contributed by atoms with Crippen molar-refractivity contribution in [1.82, 2.24) is 0 Å². The molecule has 0 aliphatic heterocycles. The van der Waals surface area contributed by atoms with Gasteiger partial charge in [-0.05, 0) is 19.0 Å². The minimum absolute atomic E-state index is 0.178. The average molecular weight is 250 g/mol. The van der Waals surface area contributed by atoms with E-state index in [4.69, 9.17) is 11.5 Å². The van der Waals surface area contributed by atoms with Crippen molar-refractivity contribution in [2.75, 3.05) is 6.54 Å². The van der Waals surface area contributed by atoms with Gasteiger partial charge in [-0.25, -0.2) is 0 Å². The molecule has 0 amide bonds. The molecule has 0 radical (unpaired) electrons. The third-order valence-electron chi connectivity index (χ3n) is 2.13. The van der Waals surface area contributed by atoms with Gasteiger partial charge >= 0.3 is 6.36 Å². The Morgan fingerprint density at radius 1 is 1.35 bits per heavy atom. The van der Waals surface area contributed by atoms with Crippen molar-refractivity contribution in [1.29, 1.82) is 0 Å². The Morgan fingerprint density at radius 2 is 2.00 bits per heavy atom. The van der Waals surface area contributed by atoms with Crippen LogP contribution >= 0.6 is 0 Å². The van der Waals surface area contributed by atoms with Gasteiger partial charge in [-0.15, -0.1) is 13.2 Å². The molecule has 1 aromatic rings. The van der Waals surface area contributed by atoms with Gasteiger partial charge in [0.05, 0.1) is 0 Å². The number of aromatic hydroxyl groups is 1. The Kier molecular flexibility index (Phi) is 4.19. The Balaban J connectivity index is 2.99. The second-order valence-corrected chi connectivity index (χ2v) is 3.43. The van der Waals surface area contributed by atoms with Crippen molar-refractivity contribution in [2.24, 2.45) is 11.5 Å². The van der Waals surface area contributed by atoms with E-state index in [1.54, 1.807) is 0 Å². The quantitative estimate of drug-likeness (QED) is 0.758. The molecule has 0 aliphatic carbocycles. The number of hydrogen-bond acceptors (Lipinski definition) is 4. The molecular formula is C10H13F3N2O2. The molecule has 0 heterocycles.